The van der Waals surface area contributed by atoms with Gasteiger partial charge in [0.1, 0.15) is 17.2 Å². The highest BCUT2D eigenvalue weighted by molar-refractivity contribution is 5.96. The zero-order valence-electron chi connectivity index (χ0n) is 12.8. The second-order valence-electron chi connectivity index (χ2n) is 5.85. The predicted molar refractivity (Wildman–Crippen MR) is 83.9 cm³/mol. The predicted octanol–water partition coefficient (Wildman–Crippen LogP) is 3.92. The fourth-order valence-corrected chi connectivity index (χ4v) is 3.14. The van der Waals surface area contributed by atoms with Crippen LogP contribution in [0.2, 0.25) is 0 Å². The van der Waals surface area contributed by atoms with Crippen molar-refractivity contribution >= 4 is 11.7 Å². The lowest BCUT2D eigenvalue weighted by Crippen LogP contribution is -2.31. The number of nitrogens with zero attached hydrogens (tertiary/aromatic N) is 1. The molecule has 0 amide bonds. The van der Waals surface area contributed by atoms with Crippen molar-refractivity contribution < 1.29 is 18.7 Å². The molecule has 0 saturated heterocycles. The van der Waals surface area contributed by atoms with Crippen LogP contribution in [0.5, 0.6) is 0 Å². The Kier molecular flexibility index (Phi) is 4.03. The minimum atomic E-state index is -1.26. The fourth-order valence-electron chi connectivity index (χ4n) is 3.14. The number of aryl methyl sites for hydroxylation is 2. The number of aromatic carboxylic acids is 1. The monoisotopic (exact) mass is 317 g/mol. The van der Waals surface area contributed by atoms with Crippen LogP contribution < -0.4 is 4.90 Å². The van der Waals surface area contributed by atoms with Crippen LogP contribution in [-0.2, 0) is 13.0 Å². The number of hydrogen-bond acceptors (Lipinski definition) is 2. The molecule has 2 aromatic rings. The molecule has 5 heteroatoms. The summed E-state index contributed by atoms with van der Waals surface area (Å²) in [6, 6.07) is 7.79. The van der Waals surface area contributed by atoms with Gasteiger partial charge in [-0.25, -0.2) is 13.6 Å². The first kappa shape index (κ1) is 15.5. The molecule has 1 aliphatic rings. The van der Waals surface area contributed by atoms with Crippen LogP contribution in [-0.4, -0.2) is 17.6 Å². The SMILES string of the molecule is Cc1cc2c(c(C(=O)O)c1F)N(Cc1ccc(F)cc1)CCC2. The summed E-state index contributed by atoms with van der Waals surface area (Å²) >= 11 is 0. The number of halogens is 2. The van der Waals surface area contributed by atoms with Gasteiger partial charge in [-0.3, -0.25) is 0 Å². The third-order valence-corrected chi connectivity index (χ3v) is 4.19. The first-order chi connectivity index (χ1) is 11.0. The molecule has 23 heavy (non-hydrogen) atoms. The van der Waals surface area contributed by atoms with Crippen LogP contribution >= 0.6 is 0 Å². The van der Waals surface area contributed by atoms with E-state index in [4.69, 9.17) is 0 Å². The van der Waals surface area contributed by atoms with E-state index in [9.17, 15) is 18.7 Å². The summed E-state index contributed by atoms with van der Waals surface area (Å²) < 4.78 is 27.4. The fraction of sp³-hybridized carbons (Fsp3) is 0.278. The quantitative estimate of drug-likeness (QED) is 0.932. The number of carboxylic acid groups (broad SMARTS) is 1. The molecule has 0 aliphatic carbocycles. The molecule has 1 aliphatic heterocycles. The second-order valence-corrected chi connectivity index (χ2v) is 5.85. The highest BCUT2D eigenvalue weighted by atomic mass is 19.1. The normalized spacial score (nSPS) is 13.8. The van der Waals surface area contributed by atoms with Crippen molar-refractivity contribution in [1.82, 2.24) is 0 Å². The van der Waals surface area contributed by atoms with Gasteiger partial charge in [0.05, 0.1) is 5.69 Å². The van der Waals surface area contributed by atoms with Gasteiger partial charge in [-0.15, -0.1) is 0 Å². The lowest BCUT2D eigenvalue weighted by molar-refractivity contribution is 0.0692. The molecular weight excluding hydrogens is 300 g/mol. The Labute approximate surface area is 133 Å². The number of fused-ring (bicyclic) bond motifs is 1. The summed E-state index contributed by atoms with van der Waals surface area (Å²) in [6.45, 7) is 2.66. The highest BCUT2D eigenvalue weighted by Gasteiger charge is 2.28. The number of anilines is 1. The zero-order chi connectivity index (χ0) is 16.6. The molecule has 120 valence electrons. The number of carboxylic acids is 1. The minimum absolute atomic E-state index is 0.262. The van der Waals surface area contributed by atoms with Crippen LogP contribution in [0, 0.1) is 18.6 Å². The van der Waals surface area contributed by atoms with Crippen molar-refractivity contribution in [3.63, 3.8) is 0 Å². The van der Waals surface area contributed by atoms with Gasteiger partial charge in [0.15, 0.2) is 0 Å². The van der Waals surface area contributed by atoms with Gasteiger partial charge in [-0.1, -0.05) is 18.2 Å². The van der Waals surface area contributed by atoms with Crippen molar-refractivity contribution in [1.29, 1.82) is 0 Å². The maximum atomic E-state index is 14.3. The molecule has 0 radical (unpaired) electrons. The number of hydrogen-bond donors (Lipinski definition) is 1. The Morgan fingerprint density at radius 2 is 1.96 bits per heavy atom. The molecule has 0 saturated carbocycles. The molecule has 0 fully saturated rings. The van der Waals surface area contributed by atoms with Crippen LogP contribution in [0.3, 0.4) is 0 Å². The third-order valence-electron chi connectivity index (χ3n) is 4.19. The van der Waals surface area contributed by atoms with Crippen molar-refractivity contribution in [3.8, 4) is 0 Å². The number of rotatable bonds is 3. The van der Waals surface area contributed by atoms with E-state index in [2.05, 4.69) is 0 Å². The standard InChI is InChI=1S/C18H17F2NO2/c1-11-9-13-3-2-8-21(10-12-4-6-14(19)7-5-12)17(13)15(16(11)20)18(22)23/h4-7,9H,2-3,8,10H2,1H3,(H,22,23). The van der Waals surface area contributed by atoms with Gasteiger partial charge in [0.2, 0.25) is 0 Å². The van der Waals surface area contributed by atoms with E-state index in [1.54, 1.807) is 25.1 Å². The maximum absolute atomic E-state index is 14.3. The van der Waals surface area contributed by atoms with Crippen LogP contribution in [0.15, 0.2) is 30.3 Å². The van der Waals surface area contributed by atoms with Crippen LogP contribution in [0.25, 0.3) is 0 Å². The first-order valence-electron chi connectivity index (χ1n) is 7.52. The Bertz CT molecular complexity index is 757. The van der Waals surface area contributed by atoms with Crippen molar-refractivity contribution in [3.05, 3.63) is 64.2 Å². The second kappa shape index (κ2) is 5.99. The summed E-state index contributed by atoms with van der Waals surface area (Å²) in [6.07, 6.45) is 1.61. The summed E-state index contributed by atoms with van der Waals surface area (Å²) in [5.41, 5.74) is 2.26. The Morgan fingerprint density at radius 1 is 1.26 bits per heavy atom. The summed E-state index contributed by atoms with van der Waals surface area (Å²) in [4.78, 5) is 13.4. The molecular formula is C18H17F2NO2. The molecule has 3 nitrogen and oxygen atoms in total. The average Bonchev–Trinajstić information content (AvgIpc) is 2.51. The van der Waals surface area contributed by atoms with Crippen LogP contribution in [0.1, 0.15) is 33.5 Å². The number of benzene rings is 2. The van der Waals surface area contributed by atoms with E-state index in [1.807, 2.05) is 4.90 Å². The lowest BCUT2D eigenvalue weighted by Gasteiger charge is -2.33. The van der Waals surface area contributed by atoms with Gasteiger partial charge >= 0.3 is 5.97 Å². The van der Waals surface area contributed by atoms with Gasteiger partial charge in [-0.2, -0.15) is 0 Å². The third kappa shape index (κ3) is 2.91. The molecule has 0 aromatic heterocycles. The van der Waals surface area contributed by atoms with E-state index >= 15 is 0 Å². The topological polar surface area (TPSA) is 40.5 Å². The van der Waals surface area contributed by atoms with E-state index in [-0.39, 0.29) is 11.4 Å². The summed E-state index contributed by atoms with van der Waals surface area (Å²) in [7, 11) is 0. The summed E-state index contributed by atoms with van der Waals surface area (Å²) in [5, 5.41) is 9.45. The number of carbonyl (C=O) groups is 1. The summed E-state index contributed by atoms with van der Waals surface area (Å²) in [5.74, 6) is -2.25. The molecule has 3 rings (SSSR count). The van der Waals surface area contributed by atoms with Gasteiger partial charge in [0, 0.05) is 13.1 Å². The molecule has 0 bridgehead atoms. The van der Waals surface area contributed by atoms with E-state index in [0.29, 0.717) is 24.3 Å². The molecule has 2 aromatic carbocycles. The van der Waals surface area contributed by atoms with E-state index < -0.39 is 11.8 Å². The smallest absolute Gasteiger partial charge is 0.340 e. The minimum Gasteiger partial charge on any atom is -0.478 e. The molecule has 1 N–H and O–H groups in total. The molecule has 1 heterocycles. The Morgan fingerprint density at radius 3 is 2.61 bits per heavy atom. The molecule has 0 atom stereocenters. The van der Waals surface area contributed by atoms with Gasteiger partial charge in [-0.05, 0) is 48.6 Å². The van der Waals surface area contributed by atoms with Crippen molar-refractivity contribution in [2.24, 2.45) is 0 Å². The van der Waals surface area contributed by atoms with E-state index in [1.165, 1.54) is 12.1 Å². The molecule has 0 spiro atoms. The lowest BCUT2D eigenvalue weighted by atomic mass is 9.94. The first-order valence-corrected chi connectivity index (χ1v) is 7.52. The molecule has 0 unspecified atom stereocenters. The Hall–Kier alpha value is -2.43. The van der Waals surface area contributed by atoms with Crippen LogP contribution in [0.4, 0.5) is 14.5 Å². The largest absolute Gasteiger partial charge is 0.478 e. The van der Waals surface area contributed by atoms with E-state index in [0.717, 1.165) is 24.0 Å². The average molecular weight is 317 g/mol. The van der Waals surface area contributed by atoms with Crippen molar-refractivity contribution in [2.45, 2.75) is 26.3 Å². The maximum Gasteiger partial charge on any atom is 0.340 e. The highest BCUT2D eigenvalue weighted by Crippen LogP contribution is 2.35. The Balaban J connectivity index is 2.05. The van der Waals surface area contributed by atoms with Crippen molar-refractivity contribution in [2.75, 3.05) is 11.4 Å². The van der Waals surface area contributed by atoms with Gasteiger partial charge in [0.25, 0.3) is 0 Å². The zero-order valence-corrected chi connectivity index (χ0v) is 12.8. The van der Waals surface area contributed by atoms with Gasteiger partial charge < -0.3 is 10.0 Å².